The van der Waals surface area contributed by atoms with Gasteiger partial charge in [0, 0.05) is 30.5 Å². The van der Waals surface area contributed by atoms with Crippen LogP contribution in [0, 0.1) is 0 Å². The zero-order chi connectivity index (χ0) is 19.5. The molecule has 6 nitrogen and oxygen atoms in total. The van der Waals surface area contributed by atoms with Gasteiger partial charge in [-0.3, -0.25) is 14.3 Å². The predicted octanol–water partition coefficient (Wildman–Crippen LogP) is 3.22. The monoisotopic (exact) mass is 368 g/mol. The summed E-state index contributed by atoms with van der Waals surface area (Å²) in [5.74, 6) is -1.19. The Kier molecular flexibility index (Phi) is 5.69. The summed E-state index contributed by atoms with van der Waals surface area (Å²) in [6, 6.07) is 5.90. The Balaban J connectivity index is 2.12. The van der Waals surface area contributed by atoms with Gasteiger partial charge in [0.2, 0.25) is 0 Å². The molecule has 0 spiro atoms. The number of anilines is 1. The summed E-state index contributed by atoms with van der Waals surface area (Å²) in [7, 11) is 1.30. The van der Waals surface area contributed by atoms with Crippen LogP contribution in [-0.4, -0.2) is 27.6 Å². The zero-order valence-corrected chi connectivity index (χ0v) is 14.5. The van der Waals surface area contributed by atoms with Crippen molar-refractivity contribution in [3.8, 4) is 0 Å². The van der Waals surface area contributed by atoms with Gasteiger partial charge < -0.3 is 10.6 Å². The molecule has 0 radical (unpaired) electrons. The third-order valence-electron chi connectivity index (χ3n) is 3.74. The smallest absolute Gasteiger partial charge is 0.350 e. The molecular formula is C17H19F3N4O2. The summed E-state index contributed by atoms with van der Waals surface area (Å²) in [5, 5.41) is 8.47. The van der Waals surface area contributed by atoms with Crippen molar-refractivity contribution >= 4 is 17.5 Å². The van der Waals surface area contributed by atoms with E-state index in [1.54, 1.807) is 0 Å². The Hall–Kier alpha value is -2.84. The first-order chi connectivity index (χ1) is 12.1. The highest BCUT2D eigenvalue weighted by molar-refractivity contribution is 6.05. The fourth-order valence-corrected chi connectivity index (χ4v) is 2.18. The number of nitrogens with one attached hydrogen (secondary N) is 2. The SMILES string of the molecule is CCC(C)NC(=O)c1ccc(NC(=O)c2cn(C)nc2C(F)(F)F)cc1. The van der Waals surface area contributed by atoms with E-state index in [9.17, 15) is 22.8 Å². The van der Waals surface area contributed by atoms with Gasteiger partial charge in [-0.1, -0.05) is 6.92 Å². The van der Waals surface area contributed by atoms with Crippen LogP contribution < -0.4 is 10.6 Å². The third-order valence-corrected chi connectivity index (χ3v) is 3.74. The summed E-state index contributed by atoms with van der Waals surface area (Å²) in [5.41, 5.74) is -1.16. The Morgan fingerprint density at radius 2 is 1.81 bits per heavy atom. The maximum atomic E-state index is 12.9. The van der Waals surface area contributed by atoms with E-state index >= 15 is 0 Å². The number of amides is 2. The highest BCUT2D eigenvalue weighted by Crippen LogP contribution is 2.30. The molecule has 2 rings (SSSR count). The van der Waals surface area contributed by atoms with Gasteiger partial charge in [0.15, 0.2) is 5.69 Å². The average molecular weight is 368 g/mol. The predicted molar refractivity (Wildman–Crippen MR) is 89.8 cm³/mol. The summed E-state index contributed by atoms with van der Waals surface area (Å²) in [4.78, 5) is 24.1. The summed E-state index contributed by atoms with van der Waals surface area (Å²) in [6.07, 6.45) is -2.94. The number of aromatic nitrogens is 2. The zero-order valence-electron chi connectivity index (χ0n) is 14.5. The van der Waals surface area contributed by atoms with Gasteiger partial charge in [-0.25, -0.2) is 0 Å². The highest BCUT2D eigenvalue weighted by Gasteiger charge is 2.39. The molecule has 1 atom stereocenters. The third kappa shape index (κ3) is 4.62. The number of halogens is 3. The maximum Gasteiger partial charge on any atom is 0.435 e. The van der Waals surface area contributed by atoms with Crippen molar-refractivity contribution in [2.45, 2.75) is 32.5 Å². The molecule has 9 heteroatoms. The lowest BCUT2D eigenvalue weighted by Gasteiger charge is -2.12. The first-order valence-electron chi connectivity index (χ1n) is 7.95. The van der Waals surface area contributed by atoms with Crippen molar-refractivity contribution in [1.82, 2.24) is 15.1 Å². The summed E-state index contributed by atoms with van der Waals surface area (Å²) < 4.78 is 39.7. The van der Waals surface area contributed by atoms with Gasteiger partial charge in [-0.05, 0) is 37.6 Å². The van der Waals surface area contributed by atoms with Crippen molar-refractivity contribution in [3.63, 3.8) is 0 Å². The van der Waals surface area contributed by atoms with E-state index in [2.05, 4.69) is 15.7 Å². The standard InChI is InChI=1S/C17H19F3N4O2/c1-4-10(2)21-15(25)11-5-7-12(8-6-11)22-16(26)13-9-24(3)23-14(13)17(18,19)20/h5-10H,4H2,1-3H3,(H,21,25)(H,22,26). The molecule has 0 aliphatic carbocycles. The number of benzene rings is 1. The molecule has 1 heterocycles. The van der Waals surface area contributed by atoms with Crippen LogP contribution in [-0.2, 0) is 13.2 Å². The molecule has 0 bridgehead atoms. The Labute approximate surface area is 148 Å². The molecule has 2 amide bonds. The second-order valence-electron chi connectivity index (χ2n) is 5.88. The first kappa shape index (κ1) is 19.5. The van der Waals surface area contributed by atoms with E-state index in [1.165, 1.54) is 31.3 Å². The van der Waals surface area contributed by atoms with Crippen molar-refractivity contribution in [2.24, 2.45) is 7.05 Å². The molecule has 0 saturated heterocycles. The normalized spacial score (nSPS) is 12.5. The number of rotatable bonds is 5. The van der Waals surface area contributed by atoms with Crippen LogP contribution in [0.15, 0.2) is 30.5 Å². The quantitative estimate of drug-likeness (QED) is 0.851. The van der Waals surface area contributed by atoms with Crippen LogP contribution in [0.5, 0.6) is 0 Å². The van der Waals surface area contributed by atoms with Crippen LogP contribution in [0.3, 0.4) is 0 Å². The highest BCUT2D eigenvalue weighted by atomic mass is 19.4. The van der Waals surface area contributed by atoms with Crippen LogP contribution in [0.25, 0.3) is 0 Å². The molecule has 1 aromatic heterocycles. The lowest BCUT2D eigenvalue weighted by Crippen LogP contribution is -2.31. The lowest BCUT2D eigenvalue weighted by atomic mass is 10.1. The minimum atomic E-state index is -4.73. The largest absolute Gasteiger partial charge is 0.435 e. The summed E-state index contributed by atoms with van der Waals surface area (Å²) >= 11 is 0. The van der Waals surface area contributed by atoms with E-state index < -0.39 is 23.3 Å². The number of nitrogens with zero attached hydrogens (tertiary/aromatic N) is 2. The molecule has 1 unspecified atom stereocenters. The van der Waals surface area contributed by atoms with Crippen molar-refractivity contribution in [2.75, 3.05) is 5.32 Å². The molecule has 0 saturated carbocycles. The van der Waals surface area contributed by atoms with Crippen molar-refractivity contribution < 1.29 is 22.8 Å². The lowest BCUT2D eigenvalue weighted by molar-refractivity contribution is -0.141. The number of alkyl halides is 3. The maximum absolute atomic E-state index is 12.9. The number of hydrogen-bond donors (Lipinski definition) is 2. The van der Waals surface area contributed by atoms with Crippen molar-refractivity contribution in [1.29, 1.82) is 0 Å². The minimum absolute atomic E-state index is 0.0215. The Morgan fingerprint density at radius 3 is 2.35 bits per heavy atom. The van der Waals surface area contributed by atoms with Crippen LogP contribution in [0.1, 0.15) is 46.7 Å². The van der Waals surface area contributed by atoms with Gasteiger partial charge in [-0.15, -0.1) is 0 Å². The van der Waals surface area contributed by atoms with Gasteiger partial charge in [0.05, 0.1) is 5.56 Å². The molecule has 26 heavy (non-hydrogen) atoms. The molecule has 1 aromatic carbocycles. The Bertz CT molecular complexity index is 797. The van der Waals surface area contributed by atoms with Gasteiger partial charge in [0.1, 0.15) is 0 Å². The van der Waals surface area contributed by atoms with Crippen LogP contribution in [0.2, 0.25) is 0 Å². The van der Waals surface area contributed by atoms with Crippen LogP contribution in [0.4, 0.5) is 18.9 Å². The molecule has 2 aromatic rings. The molecule has 2 N–H and O–H groups in total. The molecule has 0 fully saturated rings. The van der Waals surface area contributed by atoms with E-state index in [-0.39, 0.29) is 17.6 Å². The summed E-state index contributed by atoms with van der Waals surface area (Å²) in [6.45, 7) is 3.82. The van der Waals surface area contributed by atoms with Crippen LogP contribution >= 0.6 is 0 Å². The van der Waals surface area contributed by atoms with E-state index in [4.69, 9.17) is 0 Å². The van der Waals surface area contributed by atoms with Gasteiger partial charge in [0.25, 0.3) is 11.8 Å². The molecule has 0 aliphatic rings. The van der Waals surface area contributed by atoms with E-state index in [0.29, 0.717) is 5.56 Å². The van der Waals surface area contributed by atoms with E-state index in [1.807, 2.05) is 13.8 Å². The number of aryl methyl sites for hydroxylation is 1. The number of hydrogen-bond acceptors (Lipinski definition) is 3. The average Bonchev–Trinajstić information content (AvgIpc) is 2.97. The fourth-order valence-electron chi connectivity index (χ4n) is 2.18. The minimum Gasteiger partial charge on any atom is -0.350 e. The second-order valence-corrected chi connectivity index (χ2v) is 5.88. The van der Waals surface area contributed by atoms with Crippen molar-refractivity contribution in [3.05, 3.63) is 47.3 Å². The number of carbonyl (C=O) groups is 2. The van der Waals surface area contributed by atoms with Gasteiger partial charge in [-0.2, -0.15) is 18.3 Å². The molecule has 0 aliphatic heterocycles. The van der Waals surface area contributed by atoms with E-state index in [0.717, 1.165) is 17.3 Å². The van der Waals surface area contributed by atoms with Gasteiger partial charge >= 0.3 is 6.18 Å². The topological polar surface area (TPSA) is 76.0 Å². The second kappa shape index (κ2) is 7.59. The number of carbonyl (C=O) groups excluding carboxylic acids is 2. The molecular weight excluding hydrogens is 349 g/mol. The molecule has 140 valence electrons. The Morgan fingerprint density at radius 1 is 1.19 bits per heavy atom. The first-order valence-corrected chi connectivity index (χ1v) is 7.95. The fraction of sp³-hybridized carbons (Fsp3) is 0.353.